The molecule has 0 aromatic rings. The third-order valence-corrected chi connectivity index (χ3v) is 4.37. The molecule has 2 aliphatic carbocycles. The molecule has 2 aliphatic rings. The van der Waals surface area contributed by atoms with Crippen LogP contribution in [0.15, 0.2) is 0 Å². The molecule has 94 valence electrons. The van der Waals surface area contributed by atoms with Gasteiger partial charge in [-0.1, -0.05) is 39.0 Å². The molecular weight excluding hydrogens is 212 g/mol. The van der Waals surface area contributed by atoms with Crippen LogP contribution in [0.2, 0.25) is 0 Å². The predicted octanol–water partition coefficient (Wildman–Crippen LogP) is 2.77. The minimum Gasteiger partial charge on any atom is -0.352 e. The summed E-state index contributed by atoms with van der Waals surface area (Å²) in [5, 5.41) is 12.5. The van der Waals surface area contributed by atoms with Crippen molar-refractivity contribution in [2.75, 3.05) is 0 Å². The number of hydrogen-bond acceptors (Lipinski definition) is 2. The summed E-state index contributed by atoms with van der Waals surface area (Å²) in [5.74, 6) is 0.656. The van der Waals surface area contributed by atoms with E-state index in [0.29, 0.717) is 12.0 Å². The van der Waals surface area contributed by atoms with Gasteiger partial charge in [-0.3, -0.25) is 4.79 Å². The summed E-state index contributed by atoms with van der Waals surface area (Å²) >= 11 is 0. The van der Waals surface area contributed by atoms with Crippen LogP contribution >= 0.6 is 0 Å². The molecule has 0 aromatic carbocycles. The molecule has 2 rings (SSSR count). The maximum Gasteiger partial charge on any atom is 0.240 e. The van der Waals surface area contributed by atoms with E-state index < -0.39 is 5.41 Å². The van der Waals surface area contributed by atoms with Gasteiger partial charge in [0.25, 0.3) is 0 Å². The van der Waals surface area contributed by atoms with Gasteiger partial charge in [-0.05, 0) is 25.2 Å². The van der Waals surface area contributed by atoms with Crippen LogP contribution in [-0.2, 0) is 4.79 Å². The topological polar surface area (TPSA) is 52.9 Å². The van der Waals surface area contributed by atoms with Crippen molar-refractivity contribution in [2.24, 2.45) is 11.3 Å². The molecule has 1 N–H and O–H groups in total. The summed E-state index contributed by atoms with van der Waals surface area (Å²) in [6.07, 6.45) is 8.09. The summed E-state index contributed by atoms with van der Waals surface area (Å²) in [6.45, 7) is 2.16. The first-order valence-electron chi connectivity index (χ1n) is 6.94. The zero-order valence-corrected chi connectivity index (χ0v) is 10.7. The number of carbonyl (C=O) groups is 1. The molecule has 0 saturated heterocycles. The Morgan fingerprint density at radius 3 is 2.47 bits per heavy atom. The van der Waals surface area contributed by atoms with Gasteiger partial charge in [0.1, 0.15) is 5.41 Å². The molecule has 0 heterocycles. The Hall–Kier alpha value is -1.04. The molecule has 2 saturated carbocycles. The number of rotatable bonds is 3. The molecule has 2 atom stereocenters. The standard InChI is InChI=1S/C14H22N2O/c1-2-11-9-12(11)16-13(17)14(10-15)7-5-3-4-6-8-14/h11-12H,2-9H2,1H3,(H,16,17). The van der Waals surface area contributed by atoms with Crippen molar-refractivity contribution in [1.82, 2.24) is 5.32 Å². The molecule has 3 nitrogen and oxygen atoms in total. The van der Waals surface area contributed by atoms with Gasteiger partial charge in [0.2, 0.25) is 5.91 Å². The number of nitrogens with one attached hydrogen (secondary N) is 1. The molecule has 2 fully saturated rings. The monoisotopic (exact) mass is 234 g/mol. The minimum atomic E-state index is -0.725. The normalized spacial score (nSPS) is 31.1. The van der Waals surface area contributed by atoms with E-state index in [1.54, 1.807) is 0 Å². The Bertz CT molecular complexity index is 324. The van der Waals surface area contributed by atoms with Crippen LogP contribution < -0.4 is 5.32 Å². The molecule has 0 aliphatic heterocycles. The highest BCUT2D eigenvalue weighted by Crippen LogP contribution is 2.38. The van der Waals surface area contributed by atoms with Crippen molar-refractivity contribution < 1.29 is 4.79 Å². The largest absolute Gasteiger partial charge is 0.352 e. The second-order valence-corrected chi connectivity index (χ2v) is 5.59. The van der Waals surface area contributed by atoms with Crippen LogP contribution in [0.5, 0.6) is 0 Å². The first-order valence-corrected chi connectivity index (χ1v) is 6.94. The number of nitrogens with zero attached hydrogens (tertiary/aromatic N) is 1. The van der Waals surface area contributed by atoms with Crippen LogP contribution in [0.3, 0.4) is 0 Å². The lowest BCUT2D eigenvalue weighted by molar-refractivity contribution is -0.129. The number of carbonyl (C=O) groups excluding carboxylic acids is 1. The predicted molar refractivity (Wildman–Crippen MR) is 66.1 cm³/mol. The zero-order valence-electron chi connectivity index (χ0n) is 10.7. The highest BCUT2D eigenvalue weighted by Gasteiger charge is 2.44. The lowest BCUT2D eigenvalue weighted by Gasteiger charge is -2.23. The van der Waals surface area contributed by atoms with Crippen molar-refractivity contribution in [3.63, 3.8) is 0 Å². The molecule has 0 spiro atoms. The van der Waals surface area contributed by atoms with Crippen LogP contribution in [0.1, 0.15) is 58.3 Å². The molecular formula is C14H22N2O. The second-order valence-electron chi connectivity index (χ2n) is 5.59. The average molecular weight is 234 g/mol. The highest BCUT2D eigenvalue weighted by atomic mass is 16.2. The first-order chi connectivity index (χ1) is 8.22. The highest BCUT2D eigenvalue weighted by molar-refractivity contribution is 5.86. The van der Waals surface area contributed by atoms with Crippen molar-refractivity contribution in [2.45, 2.75) is 64.3 Å². The third-order valence-electron chi connectivity index (χ3n) is 4.37. The Labute approximate surface area is 104 Å². The lowest BCUT2D eigenvalue weighted by Crippen LogP contribution is -2.41. The molecule has 0 bridgehead atoms. The van der Waals surface area contributed by atoms with Gasteiger partial charge in [0, 0.05) is 6.04 Å². The van der Waals surface area contributed by atoms with Crippen LogP contribution in [-0.4, -0.2) is 11.9 Å². The van der Waals surface area contributed by atoms with Gasteiger partial charge in [-0.25, -0.2) is 0 Å². The fraction of sp³-hybridized carbons (Fsp3) is 0.857. The van der Waals surface area contributed by atoms with E-state index in [-0.39, 0.29) is 5.91 Å². The summed E-state index contributed by atoms with van der Waals surface area (Å²) in [6, 6.07) is 2.66. The lowest BCUT2D eigenvalue weighted by atomic mass is 9.81. The summed E-state index contributed by atoms with van der Waals surface area (Å²) in [7, 11) is 0. The van der Waals surface area contributed by atoms with Gasteiger partial charge >= 0.3 is 0 Å². The van der Waals surface area contributed by atoms with Crippen LogP contribution in [0.4, 0.5) is 0 Å². The van der Waals surface area contributed by atoms with Crippen molar-refractivity contribution >= 4 is 5.91 Å². The summed E-state index contributed by atoms with van der Waals surface area (Å²) in [4.78, 5) is 12.3. The van der Waals surface area contributed by atoms with Gasteiger partial charge in [0.15, 0.2) is 0 Å². The second kappa shape index (κ2) is 5.08. The van der Waals surface area contributed by atoms with Crippen LogP contribution in [0.25, 0.3) is 0 Å². The Morgan fingerprint density at radius 2 is 2.00 bits per heavy atom. The molecule has 3 heteroatoms. The molecule has 17 heavy (non-hydrogen) atoms. The van der Waals surface area contributed by atoms with Crippen molar-refractivity contribution in [3.8, 4) is 6.07 Å². The molecule has 1 amide bonds. The van der Waals surface area contributed by atoms with E-state index in [2.05, 4.69) is 18.3 Å². The van der Waals surface area contributed by atoms with Gasteiger partial charge in [0.05, 0.1) is 6.07 Å². The van der Waals surface area contributed by atoms with E-state index >= 15 is 0 Å². The van der Waals surface area contributed by atoms with Gasteiger partial charge in [-0.15, -0.1) is 0 Å². The van der Waals surface area contributed by atoms with E-state index in [1.807, 2.05) is 0 Å². The van der Waals surface area contributed by atoms with Crippen molar-refractivity contribution in [1.29, 1.82) is 5.26 Å². The number of nitriles is 1. The number of amides is 1. The average Bonchev–Trinajstić information content (AvgIpc) is 3.11. The molecule has 2 unspecified atom stereocenters. The minimum absolute atomic E-state index is 0.00264. The maximum absolute atomic E-state index is 12.3. The SMILES string of the molecule is CCC1CC1NC(=O)C1(C#N)CCCCCC1. The van der Waals surface area contributed by atoms with E-state index in [9.17, 15) is 10.1 Å². The quantitative estimate of drug-likeness (QED) is 0.763. The maximum atomic E-state index is 12.3. The third kappa shape index (κ3) is 2.62. The van der Waals surface area contributed by atoms with Crippen LogP contribution in [0, 0.1) is 22.7 Å². The first kappa shape index (κ1) is 12.4. The van der Waals surface area contributed by atoms with Gasteiger partial charge in [-0.2, -0.15) is 5.26 Å². The summed E-state index contributed by atoms with van der Waals surface area (Å²) in [5.41, 5.74) is -0.725. The Morgan fingerprint density at radius 1 is 1.35 bits per heavy atom. The van der Waals surface area contributed by atoms with E-state index in [4.69, 9.17) is 0 Å². The fourth-order valence-corrected chi connectivity index (χ4v) is 2.90. The summed E-state index contributed by atoms with van der Waals surface area (Å²) < 4.78 is 0. The smallest absolute Gasteiger partial charge is 0.240 e. The molecule has 0 radical (unpaired) electrons. The van der Waals surface area contributed by atoms with E-state index in [0.717, 1.165) is 51.4 Å². The fourth-order valence-electron chi connectivity index (χ4n) is 2.90. The van der Waals surface area contributed by atoms with E-state index in [1.165, 1.54) is 0 Å². The Kier molecular flexibility index (Phi) is 3.71. The zero-order chi connectivity index (χ0) is 12.3. The Balaban J connectivity index is 1.97. The van der Waals surface area contributed by atoms with Crippen molar-refractivity contribution in [3.05, 3.63) is 0 Å². The number of hydrogen-bond donors (Lipinski definition) is 1. The van der Waals surface area contributed by atoms with Gasteiger partial charge < -0.3 is 5.32 Å². The molecule has 0 aromatic heterocycles.